The number of hydrogen-bond acceptors (Lipinski definition) is 2. The Kier molecular flexibility index (Phi) is 2.63. The van der Waals surface area contributed by atoms with E-state index in [9.17, 15) is 0 Å². The van der Waals surface area contributed by atoms with Crippen molar-refractivity contribution in [3.63, 3.8) is 0 Å². The summed E-state index contributed by atoms with van der Waals surface area (Å²) in [6.07, 6.45) is 6.75. The van der Waals surface area contributed by atoms with Crippen LogP contribution >= 0.6 is 0 Å². The minimum atomic E-state index is -1.17. The summed E-state index contributed by atoms with van der Waals surface area (Å²) in [5, 5.41) is 0. The summed E-state index contributed by atoms with van der Waals surface area (Å²) in [6, 6.07) is 7.83. The maximum atomic E-state index is 5.83. The predicted molar refractivity (Wildman–Crippen MR) is 77.8 cm³/mol. The molecule has 1 heterocycles. The van der Waals surface area contributed by atoms with Crippen LogP contribution in [0.25, 0.3) is 0 Å². The number of allylic oxidation sites excluding steroid dienone is 4. The van der Waals surface area contributed by atoms with Crippen LogP contribution in [-0.2, 0) is 0 Å². The van der Waals surface area contributed by atoms with E-state index in [1.807, 2.05) is 24.3 Å². The first-order chi connectivity index (χ1) is 8.54. The second-order valence-corrected chi connectivity index (χ2v) is 11.3. The van der Waals surface area contributed by atoms with Gasteiger partial charge in [-0.1, -0.05) is 50.0 Å². The van der Waals surface area contributed by atoms with Crippen LogP contribution in [0.15, 0.2) is 48.0 Å². The van der Waals surface area contributed by atoms with Gasteiger partial charge in [0.1, 0.15) is 11.5 Å². The molecule has 2 nitrogen and oxygen atoms in total. The first-order valence-corrected chi connectivity index (χ1v) is 9.94. The predicted octanol–water partition coefficient (Wildman–Crippen LogP) is 3.69. The fourth-order valence-corrected chi connectivity index (χ4v) is 3.63. The summed E-state index contributed by atoms with van der Waals surface area (Å²) in [6.45, 7) is 7.14. The molecule has 1 atom stereocenters. The standard InChI is InChI=1S/C14H17BO2Si/c1-18(2,3)12-9-8-11(10-12)15-16-13-6-4-5-7-14(13)17-15/h4-10,12H,1-3H3. The summed E-state index contributed by atoms with van der Waals surface area (Å²) >= 11 is 0. The van der Waals surface area contributed by atoms with Crippen LogP contribution in [0.4, 0.5) is 0 Å². The lowest BCUT2D eigenvalue weighted by Gasteiger charge is -2.21. The average Bonchev–Trinajstić information content (AvgIpc) is 2.94. The van der Waals surface area contributed by atoms with Crippen molar-refractivity contribution in [1.82, 2.24) is 0 Å². The summed E-state index contributed by atoms with van der Waals surface area (Å²) in [7, 11) is -1.43. The first-order valence-electron chi connectivity index (χ1n) is 6.36. The van der Waals surface area contributed by atoms with Gasteiger partial charge in [0.25, 0.3) is 0 Å². The minimum absolute atomic E-state index is 0.264. The van der Waals surface area contributed by atoms with E-state index in [-0.39, 0.29) is 7.12 Å². The number of rotatable bonds is 2. The van der Waals surface area contributed by atoms with E-state index in [4.69, 9.17) is 9.31 Å². The van der Waals surface area contributed by atoms with E-state index < -0.39 is 8.07 Å². The highest BCUT2D eigenvalue weighted by Crippen LogP contribution is 2.38. The van der Waals surface area contributed by atoms with Gasteiger partial charge in [0.2, 0.25) is 0 Å². The molecule has 1 aromatic rings. The van der Waals surface area contributed by atoms with Crippen LogP contribution in [0.1, 0.15) is 0 Å². The van der Waals surface area contributed by atoms with Crippen molar-refractivity contribution < 1.29 is 9.31 Å². The Hall–Kier alpha value is -1.42. The van der Waals surface area contributed by atoms with Crippen molar-refractivity contribution in [2.75, 3.05) is 0 Å². The van der Waals surface area contributed by atoms with Gasteiger partial charge >= 0.3 is 7.12 Å². The van der Waals surface area contributed by atoms with E-state index in [0.29, 0.717) is 5.54 Å². The molecule has 3 rings (SSSR count). The zero-order chi connectivity index (χ0) is 12.8. The van der Waals surface area contributed by atoms with Crippen molar-refractivity contribution >= 4 is 15.2 Å². The SMILES string of the molecule is C[Si](C)(C)C1C=CC(B2Oc3ccccc3O2)=C1. The van der Waals surface area contributed by atoms with Crippen LogP contribution in [0.5, 0.6) is 11.5 Å². The third kappa shape index (κ3) is 2.01. The van der Waals surface area contributed by atoms with Gasteiger partial charge in [-0.25, -0.2) is 0 Å². The van der Waals surface area contributed by atoms with Gasteiger partial charge in [0, 0.05) is 5.47 Å². The molecule has 18 heavy (non-hydrogen) atoms. The monoisotopic (exact) mass is 256 g/mol. The number of para-hydroxylation sites is 2. The average molecular weight is 256 g/mol. The molecule has 2 aliphatic rings. The lowest BCUT2D eigenvalue weighted by atomic mass is 9.79. The smallest absolute Gasteiger partial charge is 0.519 e. The molecule has 1 aromatic carbocycles. The van der Waals surface area contributed by atoms with Gasteiger partial charge in [-0.3, -0.25) is 0 Å². The Morgan fingerprint density at radius 2 is 1.67 bits per heavy atom. The summed E-state index contributed by atoms with van der Waals surface area (Å²) in [5.41, 5.74) is 1.74. The van der Waals surface area contributed by atoms with E-state index in [1.165, 1.54) is 0 Å². The molecule has 0 aromatic heterocycles. The Morgan fingerprint density at radius 1 is 1.06 bits per heavy atom. The maximum absolute atomic E-state index is 5.83. The highest BCUT2D eigenvalue weighted by Gasteiger charge is 2.38. The van der Waals surface area contributed by atoms with Gasteiger partial charge in [0.15, 0.2) is 0 Å². The maximum Gasteiger partial charge on any atom is 0.632 e. The largest absolute Gasteiger partial charge is 0.632 e. The van der Waals surface area contributed by atoms with E-state index >= 15 is 0 Å². The molecular weight excluding hydrogens is 239 g/mol. The minimum Gasteiger partial charge on any atom is -0.519 e. The topological polar surface area (TPSA) is 18.5 Å². The van der Waals surface area contributed by atoms with Crippen LogP contribution in [0.3, 0.4) is 0 Å². The molecule has 0 radical (unpaired) electrons. The third-order valence-corrected chi connectivity index (χ3v) is 5.82. The van der Waals surface area contributed by atoms with Crippen molar-refractivity contribution in [2.45, 2.75) is 25.2 Å². The Balaban J connectivity index is 1.79. The van der Waals surface area contributed by atoms with Crippen LogP contribution < -0.4 is 9.31 Å². The highest BCUT2D eigenvalue weighted by atomic mass is 28.3. The molecule has 0 N–H and O–H groups in total. The number of fused-ring (bicyclic) bond motifs is 1. The number of hydrogen-bond donors (Lipinski definition) is 0. The molecule has 0 saturated heterocycles. The van der Waals surface area contributed by atoms with E-state index in [2.05, 4.69) is 37.9 Å². The van der Waals surface area contributed by atoms with Crippen molar-refractivity contribution in [2.24, 2.45) is 0 Å². The Bertz CT molecular complexity index is 506. The third-order valence-electron chi connectivity index (χ3n) is 3.46. The summed E-state index contributed by atoms with van der Waals surface area (Å²) < 4.78 is 11.7. The molecule has 0 spiro atoms. The molecule has 1 unspecified atom stereocenters. The molecule has 0 fully saturated rings. The fourth-order valence-electron chi connectivity index (χ4n) is 2.26. The molecule has 92 valence electrons. The Labute approximate surface area is 109 Å². The van der Waals surface area contributed by atoms with Gasteiger partial charge in [0.05, 0.1) is 8.07 Å². The zero-order valence-electron chi connectivity index (χ0n) is 11.0. The van der Waals surface area contributed by atoms with Gasteiger partial charge < -0.3 is 9.31 Å². The van der Waals surface area contributed by atoms with Crippen LogP contribution in [0.2, 0.25) is 25.2 Å². The second-order valence-electron chi connectivity index (χ2n) is 5.93. The van der Waals surface area contributed by atoms with Crippen LogP contribution in [-0.4, -0.2) is 15.2 Å². The van der Waals surface area contributed by atoms with Gasteiger partial charge in [-0.15, -0.1) is 0 Å². The van der Waals surface area contributed by atoms with E-state index in [1.54, 1.807) is 0 Å². The molecule has 1 aliphatic heterocycles. The molecule has 0 bridgehead atoms. The zero-order valence-corrected chi connectivity index (χ0v) is 12.0. The number of benzene rings is 1. The normalized spacial score (nSPS) is 21.4. The molecule has 0 amide bonds. The second kappa shape index (κ2) is 4.06. The van der Waals surface area contributed by atoms with Crippen LogP contribution in [0, 0.1) is 0 Å². The lowest BCUT2D eigenvalue weighted by molar-refractivity contribution is 0.513. The lowest BCUT2D eigenvalue weighted by Crippen LogP contribution is -2.28. The van der Waals surface area contributed by atoms with Crippen molar-refractivity contribution in [3.8, 4) is 11.5 Å². The molecule has 4 heteroatoms. The van der Waals surface area contributed by atoms with Gasteiger partial charge in [-0.2, -0.15) is 0 Å². The summed E-state index contributed by atoms with van der Waals surface area (Å²) in [4.78, 5) is 0. The van der Waals surface area contributed by atoms with E-state index in [0.717, 1.165) is 17.0 Å². The Morgan fingerprint density at radius 3 is 2.17 bits per heavy atom. The van der Waals surface area contributed by atoms with Gasteiger partial charge in [-0.05, 0) is 17.7 Å². The first kappa shape index (κ1) is 11.7. The molecular formula is C14H17BO2Si. The quantitative estimate of drug-likeness (QED) is 0.751. The molecule has 0 saturated carbocycles. The van der Waals surface area contributed by atoms with Crippen molar-refractivity contribution in [3.05, 3.63) is 48.0 Å². The molecule has 1 aliphatic carbocycles. The fraction of sp³-hybridized carbons (Fsp3) is 0.286. The summed E-state index contributed by atoms with van der Waals surface area (Å²) in [5.74, 6) is 1.68. The highest BCUT2D eigenvalue weighted by molar-refractivity contribution is 6.78. The van der Waals surface area contributed by atoms with Crippen molar-refractivity contribution in [1.29, 1.82) is 0 Å².